The highest BCUT2D eigenvalue weighted by molar-refractivity contribution is 5.98. The lowest BCUT2D eigenvalue weighted by Crippen LogP contribution is -2.40. The first kappa shape index (κ1) is 20.8. The molecular weight excluding hydrogens is 374 g/mol. The topological polar surface area (TPSA) is 107 Å². The van der Waals surface area contributed by atoms with Gasteiger partial charge in [-0.15, -0.1) is 0 Å². The Kier molecular flexibility index (Phi) is 6.20. The SMILES string of the molecule is CC(C)N1C[C@@H](C(=O)Nc2ccc(C(=O)N3CCC(C(=O)O)CC3)cc2)CC1=O. The van der Waals surface area contributed by atoms with Gasteiger partial charge in [-0.25, -0.2) is 0 Å². The van der Waals surface area contributed by atoms with Crippen LogP contribution in [0.25, 0.3) is 0 Å². The van der Waals surface area contributed by atoms with Crippen LogP contribution in [0.3, 0.4) is 0 Å². The summed E-state index contributed by atoms with van der Waals surface area (Å²) in [4.78, 5) is 51.5. The highest BCUT2D eigenvalue weighted by Gasteiger charge is 2.35. The summed E-state index contributed by atoms with van der Waals surface area (Å²) in [5, 5.41) is 11.9. The van der Waals surface area contributed by atoms with Gasteiger partial charge in [-0.2, -0.15) is 0 Å². The molecular formula is C21H27N3O5. The number of aliphatic carboxylic acids is 1. The molecule has 156 valence electrons. The fourth-order valence-electron chi connectivity index (χ4n) is 3.86. The Morgan fingerprint density at radius 3 is 2.21 bits per heavy atom. The quantitative estimate of drug-likeness (QED) is 0.783. The van der Waals surface area contributed by atoms with Gasteiger partial charge in [-0.05, 0) is 51.0 Å². The molecule has 2 heterocycles. The Bertz CT molecular complexity index is 797. The van der Waals surface area contributed by atoms with E-state index in [2.05, 4.69) is 5.32 Å². The number of carbonyl (C=O) groups excluding carboxylic acids is 3. The van der Waals surface area contributed by atoms with Crippen LogP contribution in [0.5, 0.6) is 0 Å². The number of nitrogens with zero attached hydrogens (tertiary/aromatic N) is 2. The lowest BCUT2D eigenvalue weighted by atomic mass is 9.96. The molecule has 0 bridgehead atoms. The third kappa shape index (κ3) is 4.75. The van der Waals surface area contributed by atoms with E-state index < -0.39 is 5.97 Å². The van der Waals surface area contributed by atoms with Crippen molar-refractivity contribution in [3.05, 3.63) is 29.8 Å². The molecule has 1 aromatic carbocycles. The minimum absolute atomic E-state index is 0.00670. The molecule has 3 amide bonds. The maximum absolute atomic E-state index is 12.6. The Labute approximate surface area is 169 Å². The molecule has 29 heavy (non-hydrogen) atoms. The number of nitrogens with one attached hydrogen (secondary N) is 1. The predicted molar refractivity (Wildman–Crippen MR) is 106 cm³/mol. The van der Waals surface area contributed by atoms with Crippen LogP contribution >= 0.6 is 0 Å². The second-order valence-corrected chi connectivity index (χ2v) is 8.01. The van der Waals surface area contributed by atoms with Gasteiger partial charge in [0.1, 0.15) is 0 Å². The lowest BCUT2D eigenvalue weighted by molar-refractivity contribution is -0.143. The van der Waals surface area contributed by atoms with E-state index in [4.69, 9.17) is 5.11 Å². The van der Waals surface area contributed by atoms with Gasteiger partial charge in [0.15, 0.2) is 0 Å². The number of rotatable bonds is 5. The molecule has 3 rings (SSSR count). The normalized spacial score (nSPS) is 20.2. The second kappa shape index (κ2) is 8.63. The number of hydrogen-bond acceptors (Lipinski definition) is 4. The molecule has 8 nitrogen and oxygen atoms in total. The third-order valence-corrected chi connectivity index (χ3v) is 5.68. The molecule has 1 atom stereocenters. The summed E-state index contributed by atoms with van der Waals surface area (Å²) in [7, 11) is 0. The number of benzene rings is 1. The molecule has 0 radical (unpaired) electrons. The van der Waals surface area contributed by atoms with E-state index in [1.165, 1.54) is 0 Å². The maximum atomic E-state index is 12.6. The van der Waals surface area contributed by atoms with Gasteiger partial charge >= 0.3 is 5.97 Å². The first-order valence-corrected chi connectivity index (χ1v) is 9.98. The number of likely N-dealkylation sites (tertiary alicyclic amines) is 2. The van der Waals surface area contributed by atoms with Gasteiger partial charge in [-0.3, -0.25) is 19.2 Å². The molecule has 8 heteroatoms. The van der Waals surface area contributed by atoms with Crippen LogP contribution in [0.2, 0.25) is 0 Å². The van der Waals surface area contributed by atoms with Crippen molar-refractivity contribution in [1.82, 2.24) is 9.80 Å². The molecule has 0 aliphatic carbocycles. The van der Waals surface area contributed by atoms with Crippen molar-refractivity contribution >= 4 is 29.4 Å². The summed E-state index contributed by atoms with van der Waals surface area (Å²) < 4.78 is 0. The molecule has 1 aromatic rings. The Balaban J connectivity index is 1.55. The van der Waals surface area contributed by atoms with Crippen molar-refractivity contribution in [2.45, 2.75) is 39.2 Å². The van der Waals surface area contributed by atoms with Crippen LogP contribution in [-0.2, 0) is 14.4 Å². The molecule has 2 saturated heterocycles. The summed E-state index contributed by atoms with van der Waals surface area (Å²) in [6, 6.07) is 6.73. The largest absolute Gasteiger partial charge is 0.481 e. The number of amides is 3. The summed E-state index contributed by atoms with van der Waals surface area (Å²) in [6.45, 7) is 5.13. The molecule has 0 saturated carbocycles. The Morgan fingerprint density at radius 1 is 1.07 bits per heavy atom. The smallest absolute Gasteiger partial charge is 0.306 e. The number of hydrogen-bond donors (Lipinski definition) is 2. The van der Waals surface area contributed by atoms with Gasteiger partial charge in [0.25, 0.3) is 5.91 Å². The number of carbonyl (C=O) groups is 4. The van der Waals surface area contributed by atoms with Crippen molar-refractivity contribution in [3.63, 3.8) is 0 Å². The van der Waals surface area contributed by atoms with Gasteiger partial charge in [-0.1, -0.05) is 0 Å². The van der Waals surface area contributed by atoms with Crippen LogP contribution in [0.15, 0.2) is 24.3 Å². The molecule has 2 aliphatic rings. The molecule has 0 aromatic heterocycles. The summed E-state index contributed by atoms with van der Waals surface area (Å²) in [5.74, 6) is -1.91. The van der Waals surface area contributed by atoms with Crippen LogP contribution < -0.4 is 5.32 Å². The van der Waals surface area contributed by atoms with Crippen molar-refractivity contribution in [2.75, 3.05) is 25.0 Å². The first-order chi connectivity index (χ1) is 13.8. The van der Waals surface area contributed by atoms with Gasteiger partial charge in [0, 0.05) is 43.3 Å². The molecule has 2 aliphatic heterocycles. The van der Waals surface area contributed by atoms with E-state index in [0.717, 1.165) is 0 Å². The van der Waals surface area contributed by atoms with Crippen LogP contribution in [-0.4, -0.2) is 64.3 Å². The van der Waals surface area contributed by atoms with Crippen molar-refractivity contribution < 1.29 is 24.3 Å². The van der Waals surface area contributed by atoms with Gasteiger partial charge in [0.2, 0.25) is 11.8 Å². The average molecular weight is 401 g/mol. The minimum atomic E-state index is -0.808. The van der Waals surface area contributed by atoms with E-state index in [-0.39, 0.29) is 42.0 Å². The zero-order valence-corrected chi connectivity index (χ0v) is 16.8. The summed E-state index contributed by atoms with van der Waals surface area (Å²) in [5.41, 5.74) is 1.07. The molecule has 0 spiro atoms. The van der Waals surface area contributed by atoms with Crippen LogP contribution in [0, 0.1) is 11.8 Å². The van der Waals surface area contributed by atoms with E-state index >= 15 is 0 Å². The monoisotopic (exact) mass is 401 g/mol. The van der Waals surface area contributed by atoms with Crippen molar-refractivity contribution in [1.29, 1.82) is 0 Å². The Hall–Kier alpha value is -2.90. The first-order valence-electron chi connectivity index (χ1n) is 9.98. The molecule has 2 fully saturated rings. The van der Waals surface area contributed by atoms with Gasteiger partial charge < -0.3 is 20.2 Å². The van der Waals surface area contributed by atoms with E-state index in [0.29, 0.717) is 43.7 Å². The predicted octanol–water partition coefficient (Wildman–Crippen LogP) is 1.82. The molecule has 0 unspecified atom stereocenters. The zero-order valence-electron chi connectivity index (χ0n) is 16.8. The van der Waals surface area contributed by atoms with E-state index in [9.17, 15) is 19.2 Å². The Morgan fingerprint density at radius 2 is 1.69 bits per heavy atom. The van der Waals surface area contributed by atoms with Crippen molar-refractivity contribution in [2.24, 2.45) is 11.8 Å². The maximum Gasteiger partial charge on any atom is 0.306 e. The van der Waals surface area contributed by atoms with Gasteiger partial charge in [0.05, 0.1) is 11.8 Å². The van der Waals surface area contributed by atoms with Crippen molar-refractivity contribution in [3.8, 4) is 0 Å². The fraction of sp³-hybridized carbons (Fsp3) is 0.524. The highest BCUT2D eigenvalue weighted by atomic mass is 16.4. The zero-order chi connectivity index (χ0) is 21.1. The summed E-state index contributed by atoms with van der Waals surface area (Å²) in [6.07, 6.45) is 1.14. The number of carboxylic acids is 1. The second-order valence-electron chi connectivity index (χ2n) is 8.01. The summed E-state index contributed by atoms with van der Waals surface area (Å²) >= 11 is 0. The number of carboxylic acid groups (broad SMARTS) is 1. The van der Waals surface area contributed by atoms with Crippen LogP contribution in [0.1, 0.15) is 43.5 Å². The standard InChI is InChI=1S/C21H27N3O5/c1-13(2)24-12-16(11-18(24)25)19(26)22-17-5-3-14(4-6-17)20(27)23-9-7-15(8-10-23)21(28)29/h3-6,13,15-16H,7-12H2,1-2H3,(H,22,26)(H,28,29)/t16-/m0/s1. The highest BCUT2D eigenvalue weighted by Crippen LogP contribution is 2.23. The fourth-order valence-corrected chi connectivity index (χ4v) is 3.86. The number of piperidine rings is 1. The van der Waals surface area contributed by atoms with Crippen LogP contribution in [0.4, 0.5) is 5.69 Å². The minimum Gasteiger partial charge on any atom is -0.481 e. The molecule has 2 N–H and O–H groups in total. The average Bonchev–Trinajstić information content (AvgIpc) is 3.10. The number of anilines is 1. The lowest BCUT2D eigenvalue weighted by Gasteiger charge is -2.30. The van der Waals surface area contributed by atoms with E-state index in [1.807, 2.05) is 13.8 Å². The van der Waals surface area contributed by atoms with E-state index in [1.54, 1.807) is 34.1 Å². The third-order valence-electron chi connectivity index (χ3n) is 5.68.